The zero-order chi connectivity index (χ0) is 9.84. The molecule has 0 aliphatic rings. The van der Waals surface area contributed by atoms with E-state index in [0.717, 1.165) is 13.0 Å². The molecule has 72 valence electrons. The molecule has 0 radical (unpaired) electrons. The largest absolute Gasteiger partial charge is 0.397 e. The van der Waals surface area contributed by atoms with Crippen molar-refractivity contribution in [2.24, 2.45) is 0 Å². The third kappa shape index (κ3) is 2.24. The second-order valence-electron chi connectivity index (χ2n) is 3.07. The fraction of sp³-hybridized carbons (Fsp3) is 0.444. The minimum Gasteiger partial charge on any atom is -0.397 e. The van der Waals surface area contributed by atoms with Crippen LogP contribution in [0.3, 0.4) is 0 Å². The van der Waals surface area contributed by atoms with Crippen molar-refractivity contribution in [1.29, 1.82) is 0 Å². The maximum absolute atomic E-state index is 11.6. The molecule has 1 aromatic heterocycles. The molecule has 0 aliphatic heterocycles. The Labute approximate surface area is 77.7 Å². The molecule has 0 unspecified atom stereocenters. The number of nitrogen functional groups attached to an aromatic ring is 1. The maximum atomic E-state index is 11.6. The molecular formula is C9H15N3O. The van der Waals surface area contributed by atoms with Crippen LogP contribution in [0.5, 0.6) is 0 Å². The molecule has 4 nitrogen and oxygen atoms in total. The molecule has 0 spiro atoms. The van der Waals surface area contributed by atoms with Crippen LogP contribution in [0.1, 0.15) is 23.8 Å². The van der Waals surface area contributed by atoms with Crippen LogP contribution in [0.2, 0.25) is 0 Å². The summed E-state index contributed by atoms with van der Waals surface area (Å²) < 4.78 is 0. The number of aromatic nitrogens is 1. The highest BCUT2D eigenvalue weighted by molar-refractivity contribution is 5.93. The Morgan fingerprint density at radius 2 is 2.38 bits per heavy atom. The van der Waals surface area contributed by atoms with Gasteiger partial charge in [-0.05, 0) is 12.5 Å². The number of carbonyl (C=O) groups is 1. The van der Waals surface area contributed by atoms with Gasteiger partial charge in [0, 0.05) is 25.5 Å². The van der Waals surface area contributed by atoms with Gasteiger partial charge in [-0.2, -0.15) is 0 Å². The van der Waals surface area contributed by atoms with Crippen molar-refractivity contribution in [3.63, 3.8) is 0 Å². The quantitative estimate of drug-likeness (QED) is 0.733. The number of nitrogens with one attached hydrogen (secondary N) is 1. The molecule has 0 fully saturated rings. The summed E-state index contributed by atoms with van der Waals surface area (Å²) >= 11 is 0. The summed E-state index contributed by atoms with van der Waals surface area (Å²) in [5, 5.41) is 0. The molecule has 0 bridgehead atoms. The maximum Gasteiger partial charge on any atom is 0.270 e. The smallest absolute Gasteiger partial charge is 0.270 e. The molecule has 0 atom stereocenters. The zero-order valence-electron chi connectivity index (χ0n) is 8.00. The number of amides is 1. The molecule has 0 aliphatic carbocycles. The highest BCUT2D eigenvalue weighted by atomic mass is 16.2. The van der Waals surface area contributed by atoms with Crippen molar-refractivity contribution < 1.29 is 4.79 Å². The van der Waals surface area contributed by atoms with Crippen LogP contribution >= 0.6 is 0 Å². The van der Waals surface area contributed by atoms with E-state index in [1.165, 1.54) is 0 Å². The number of carbonyl (C=O) groups excluding carboxylic acids is 1. The normalized spacial score (nSPS) is 10.0. The number of hydrogen-bond acceptors (Lipinski definition) is 2. The first-order chi connectivity index (χ1) is 6.15. The van der Waals surface area contributed by atoms with Gasteiger partial charge < -0.3 is 15.6 Å². The lowest BCUT2D eigenvalue weighted by Crippen LogP contribution is -2.27. The van der Waals surface area contributed by atoms with E-state index in [0.29, 0.717) is 11.4 Å². The van der Waals surface area contributed by atoms with Crippen LogP contribution in [-0.2, 0) is 0 Å². The number of aromatic amines is 1. The van der Waals surface area contributed by atoms with Crippen LogP contribution in [0.15, 0.2) is 12.3 Å². The summed E-state index contributed by atoms with van der Waals surface area (Å²) in [6.07, 6.45) is 2.57. The van der Waals surface area contributed by atoms with Gasteiger partial charge in [-0.25, -0.2) is 0 Å². The van der Waals surface area contributed by atoms with E-state index in [2.05, 4.69) is 4.98 Å². The molecule has 4 heteroatoms. The number of nitrogens with zero attached hydrogens (tertiary/aromatic N) is 1. The van der Waals surface area contributed by atoms with E-state index in [1.54, 1.807) is 24.2 Å². The van der Waals surface area contributed by atoms with E-state index in [1.807, 2.05) is 6.92 Å². The molecule has 0 saturated carbocycles. The number of nitrogens with two attached hydrogens (primary N) is 1. The minimum atomic E-state index is -0.0152. The van der Waals surface area contributed by atoms with E-state index < -0.39 is 0 Å². The summed E-state index contributed by atoms with van der Waals surface area (Å²) in [6, 6.07) is 1.65. The van der Waals surface area contributed by atoms with Crippen molar-refractivity contribution in [1.82, 2.24) is 9.88 Å². The highest BCUT2D eigenvalue weighted by Gasteiger charge is 2.11. The molecular weight excluding hydrogens is 166 g/mol. The van der Waals surface area contributed by atoms with E-state index >= 15 is 0 Å². The molecule has 1 aromatic rings. The number of anilines is 1. The topological polar surface area (TPSA) is 62.1 Å². The van der Waals surface area contributed by atoms with Gasteiger partial charge in [0.2, 0.25) is 0 Å². The minimum absolute atomic E-state index is 0.0152. The number of rotatable bonds is 3. The fourth-order valence-corrected chi connectivity index (χ4v) is 1.18. The first kappa shape index (κ1) is 9.64. The molecule has 3 N–H and O–H groups in total. The second kappa shape index (κ2) is 3.98. The summed E-state index contributed by atoms with van der Waals surface area (Å²) in [7, 11) is 1.78. The van der Waals surface area contributed by atoms with Gasteiger partial charge in [0.05, 0.1) is 0 Å². The van der Waals surface area contributed by atoms with Crippen molar-refractivity contribution in [3.05, 3.63) is 18.0 Å². The van der Waals surface area contributed by atoms with E-state index in [-0.39, 0.29) is 5.91 Å². The Balaban J connectivity index is 2.67. The Morgan fingerprint density at radius 1 is 1.69 bits per heavy atom. The van der Waals surface area contributed by atoms with Gasteiger partial charge in [-0.1, -0.05) is 6.92 Å². The first-order valence-corrected chi connectivity index (χ1v) is 4.34. The lowest BCUT2D eigenvalue weighted by molar-refractivity contribution is 0.0790. The van der Waals surface area contributed by atoms with Gasteiger partial charge in [0.15, 0.2) is 0 Å². The summed E-state index contributed by atoms with van der Waals surface area (Å²) in [5.74, 6) is -0.0152. The van der Waals surface area contributed by atoms with Gasteiger partial charge in [0.25, 0.3) is 5.91 Å². The predicted molar refractivity (Wildman–Crippen MR) is 52.5 cm³/mol. The van der Waals surface area contributed by atoms with E-state index in [9.17, 15) is 4.79 Å². The summed E-state index contributed by atoms with van der Waals surface area (Å²) in [5.41, 5.74) is 6.63. The Kier molecular flexibility index (Phi) is 2.95. The van der Waals surface area contributed by atoms with Crippen molar-refractivity contribution >= 4 is 11.6 Å². The van der Waals surface area contributed by atoms with Crippen LogP contribution in [-0.4, -0.2) is 29.4 Å². The summed E-state index contributed by atoms with van der Waals surface area (Å²) in [6.45, 7) is 2.80. The van der Waals surface area contributed by atoms with E-state index in [4.69, 9.17) is 5.73 Å². The lowest BCUT2D eigenvalue weighted by Gasteiger charge is -2.14. The second-order valence-corrected chi connectivity index (χ2v) is 3.07. The average molecular weight is 181 g/mol. The fourth-order valence-electron chi connectivity index (χ4n) is 1.18. The predicted octanol–water partition coefficient (Wildman–Crippen LogP) is 1.08. The molecule has 1 rings (SSSR count). The third-order valence-electron chi connectivity index (χ3n) is 1.84. The van der Waals surface area contributed by atoms with Crippen LogP contribution in [0, 0.1) is 0 Å². The number of hydrogen-bond donors (Lipinski definition) is 2. The standard InChI is InChI=1S/C9H15N3O/c1-3-4-12(2)9(13)8-5-7(10)6-11-8/h5-6,11H,3-4,10H2,1-2H3. The van der Waals surface area contributed by atoms with Crippen LogP contribution in [0.4, 0.5) is 5.69 Å². The lowest BCUT2D eigenvalue weighted by atomic mass is 10.3. The zero-order valence-corrected chi connectivity index (χ0v) is 8.00. The third-order valence-corrected chi connectivity index (χ3v) is 1.84. The summed E-state index contributed by atoms with van der Waals surface area (Å²) in [4.78, 5) is 16.1. The van der Waals surface area contributed by atoms with Crippen molar-refractivity contribution in [2.75, 3.05) is 19.3 Å². The molecule has 13 heavy (non-hydrogen) atoms. The SMILES string of the molecule is CCCN(C)C(=O)c1cc(N)c[nH]1. The number of H-pyrrole nitrogens is 1. The van der Waals surface area contributed by atoms with Crippen LogP contribution < -0.4 is 5.73 Å². The average Bonchev–Trinajstić information content (AvgIpc) is 2.51. The van der Waals surface area contributed by atoms with Gasteiger partial charge in [-0.3, -0.25) is 4.79 Å². The first-order valence-electron chi connectivity index (χ1n) is 4.34. The molecule has 1 heterocycles. The van der Waals surface area contributed by atoms with Crippen molar-refractivity contribution in [3.8, 4) is 0 Å². The molecule has 0 aromatic carbocycles. The Bertz CT molecular complexity index is 293. The Hall–Kier alpha value is -1.45. The molecule has 0 saturated heterocycles. The highest BCUT2D eigenvalue weighted by Crippen LogP contribution is 2.07. The van der Waals surface area contributed by atoms with Gasteiger partial charge in [0.1, 0.15) is 5.69 Å². The van der Waals surface area contributed by atoms with Gasteiger partial charge in [-0.15, -0.1) is 0 Å². The van der Waals surface area contributed by atoms with Crippen molar-refractivity contribution in [2.45, 2.75) is 13.3 Å². The molecule has 1 amide bonds. The monoisotopic (exact) mass is 181 g/mol. The van der Waals surface area contributed by atoms with Crippen LogP contribution in [0.25, 0.3) is 0 Å². The Morgan fingerprint density at radius 3 is 2.85 bits per heavy atom. The van der Waals surface area contributed by atoms with Gasteiger partial charge >= 0.3 is 0 Å².